The minimum absolute atomic E-state index is 0.0247. The van der Waals surface area contributed by atoms with Gasteiger partial charge in [-0.05, 0) is 38.3 Å². The number of aromatic nitrogens is 3. The molecule has 2 aromatic heterocycles. The van der Waals surface area contributed by atoms with Crippen LogP contribution < -0.4 is 0 Å². The number of amides is 2. The lowest BCUT2D eigenvalue weighted by Crippen LogP contribution is -2.51. The summed E-state index contributed by atoms with van der Waals surface area (Å²) in [7, 11) is 0. The third kappa shape index (κ3) is 3.99. The van der Waals surface area contributed by atoms with Crippen molar-refractivity contribution in [2.45, 2.75) is 52.1 Å². The summed E-state index contributed by atoms with van der Waals surface area (Å²) >= 11 is 0. The van der Waals surface area contributed by atoms with Crippen LogP contribution in [0.25, 0.3) is 11.2 Å². The van der Waals surface area contributed by atoms with Gasteiger partial charge in [-0.3, -0.25) is 9.59 Å². The van der Waals surface area contributed by atoms with Gasteiger partial charge in [0.25, 0.3) is 5.91 Å². The van der Waals surface area contributed by atoms with Crippen molar-refractivity contribution >= 4 is 23.0 Å². The van der Waals surface area contributed by atoms with E-state index in [-0.39, 0.29) is 18.4 Å². The van der Waals surface area contributed by atoms with E-state index in [1.165, 1.54) is 24.0 Å². The molecule has 2 amide bonds. The zero-order valence-corrected chi connectivity index (χ0v) is 18.8. The molecule has 0 N–H and O–H groups in total. The molecule has 166 valence electrons. The van der Waals surface area contributed by atoms with E-state index in [1.54, 1.807) is 11.1 Å². The van der Waals surface area contributed by atoms with Crippen LogP contribution in [0.5, 0.6) is 0 Å². The van der Waals surface area contributed by atoms with Gasteiger partial charge in [-0.25, -0.2) is 9.97 Å². The van der Waals surface area contributed by atoms with Crippen LogP contribution in [0, 0.1) is 13.8 Å². The lowest BCUT2D eigenvalue weighted by atomic mass is 10.1. The number of pyridine rings is 1. The first-order chi connectivity index (χ1) is 15.5. The van der Waals surface area contributed by atoms with Crippen molar-refractivity contribution in [3.05, 3.63) is 59.0 Å². The van der Waals surface area contributed by atoms with Crippen LogP contribution in [0.1, 0.15) is 58.8 Å². The first-order valence-electron chi connectivity index (χ1n) is 11.4. The lowest BCUT2D eigenvalue weighted by Gasteiger charge is -2.34. The Kier molecular flexibility index (Phi) is 5.41. The van der Waals surface area contributed by atoms with Crippen molar-refractivity contribution in [3.8, 4) is 0 Å². The second-order valence-corrected chi connectivity index (χ2v) is 9.19. The second kappa shape index (κ2) is 8.37. The summed E-state index contributed by atoms with van der Waals surface area (Å²) in [6.45, 7) is 5.86. The molecule has 32 heavy (non-hydrogen) atoms. The highest BCUT2D eigenvalue weighted by Gasteiger charge is 2.28. The molecule has 2 aliphatic rings. The highest BCUT2D eigenvalue weighted by atomic mass is 16.2. The van der Waals surface area contributed by atoms with E-state index in [1.807, 2.05) is 17.3 Å². The molecule has 3 heterocycles. The molecule has 7 nitrogen and oxygen atoms in total. The number of hydrogen-bond donors (Lipinski definition) is 0. The zero-order chi connectivity index (χ0) is 22.2. The van der Waals surface area contributed by atoms with Crippen LogP contribution in [0.4, 0.5) is 0 Å². The maximum Gasteiger partial charge on any atom is 0.256 e. The van der Waals surface area contributed by atoms with Crippen molar-refractivity contribution in [3.63, 3.8) is 0 Å². The standard InChI is InChI=1S/C25H29N5O2/c1-17-9-18(2)11-19(10-17)14-28-7-8-29(15-23(28)31)25(32)20-12-22-24(26-13-20)30(16-27-22)21-5-3-4-6-21/h9-13,16,21H,3-8,14-15H2,1-2H3. The quantitative estimate of drug-likeness (QED) is 0.632. The Hall–Kier alpha value is -3.22. The monoisotopic (exact) mass is 431 g/mol. The van der Waals surface area contributed by atoms with E-state index < -0.39 is 0 Å². The number of rotatable bonds is 4. The van der Waals surface area contributed by atoms with Gasteiger partial charge in [0, 0.05) is 31.9 Å². The molecule has 1 aromatic carbocycles. The molecule has 2 fully saturated rings. The second-order valence-electron chi connectivity index (χ2n) is 9.19. The van der Waals surface area contributed by atoms with Gasteiger partial charge in [0.1, 0.15) is 12.1 Å². The Morgan fingerprint density at radius 3 is 2.50 bits per heavy atom. The number of piperazine rings is 1. The SMILES string of the molecule is Cc1cc(C)cc(CN2CCN(C(=O)c3cnc4c(c3)ncn4C3CCCC3)CC2=O)c1. The lowest BCUT2D eigenvalue weighted by molar-refractivity contribution is -0.135. The fourth-order valence-corrected chi connectivity index (χ4v) is 5.10. The molecule has 5 rings (SSSR count). The van der Waals surface area contributed by atoms with E-state index in [2.05, 4.69) is 46.6 Å². The van der Waals surface area contributed by atoms with Crippen molar-refractivity contribution in [1.82, 2.24) is 24.3 Å². The first-order valence-corrected chi connectivity index (χ1v) is 11.4. The van der Waals surface area contributed by atoms with E-state index in [9.17, 15) is 9.59 Å². The fourth-order valence-electron chi connectivity index (χ4n) is 5.10. The van der Waals surface area contributed by atoms with Gasteiger partial charge in [-0.15, -0.1) is 0 Å². The first kappa shape index (κ1) is 20.7. The number of carbonyl (C=O) groups is 2. The molecule has 1 aliphatic carbocycles. The molecule has 1 saturated carbocycles. The number of carbonyl (C=O) groups excluding carboxylic acids is 2. The van der Waals surface area contributed by atoms with E-state index in [0.717, 1.165) is 29.6 Å². The molecule has 0 bridgehead atoms. The van der Waals surface area contributed by atoms with Gasteiger partial charge in [0.2, 0.25) is 5.91 Å². The number of nitrogens with zero attached hydrogens (tertiary/aromatic N) is 5. The summed E-state index contributed by atoms with van der Waals surface area (Å²) in [5.74, 6) is -0.183. The Morgan fingerprint density at radius 1 is 1.03 bits per heavy atom. The van der Waals surface area contributed by atoms with E-state index in [4.69, 9.17) is 0 Å². The third-order valence-corrected chi connectivity index (χ3v) is 6.64. The predicted octanol–water partition coefficient (Wildman–Crippen LogP) is 3.65. The van der Waals surface area contributed by atoms with Crippen molar-refractivity contribution in [1.29, 1.82) is 0 Å². The van der Waals surface area contributed by atoms with Gasteiger partial charge in [0.05, 0.1) is 11.9 Å². The van der Waals surface area contributed by atoms with Crippen LogP contribution in [0.3, 0.4) is 0 Å². The molecule has 0 atom stereocenters. The average molecular weight is 432 g/mol. The summed E-state index contributed by atoms with van der Waals surface area (Å²) < 4.78 is 2.14. The minimum Gasteiger partial charge on any atom is -0.335 e. The average Bonchev–Trinajstić information content (AvgIpc) is 3.43. The summed E-state index contributed by atoms with van der Waals surface area (Å²) in [5.41, 5.74) is 5.58. The maximum atomic E-state index is 13.1. The Bertz CT molecular complexity index is 1160. The number of benzene rings is 1. The Labute approximate surface area is 188 Å². The van der Waals surface area contributed by atoms with Crippen LogP contribution in [-0.4, -0.2) is 55.8 Å². The normalized spacial score (nSPS) is 17.5. The number of aryl methyl sites for hydroxylation is 2. The number of imidazole rings is 1. The maximum absolute atomic E-state index is 13.1. The van der Waals surface area contributed by atoms with E-state index >= 15 is 0 Å². The molecule has 1 aliphatic heterocycles. The molecule has 1 saturated heterocycles. The summed E-state index contributed by atoms with van der Waals surface area (Å²) in [6, 6.07) is 8.62. The highest BCUT2D eigenvalue weighted by Crippen LogP contribution is 2.31. The molecule has 7 heteroatoms. The van der Waals surface area contributed by atoms with Gasteiger partial charge in [0.15, 0.2) is 5.65 Å². The topological polar surface area (TPSA) is 71.3 Å². The van der Waals surface area contributed by atoms with Crippen molar-refractivity contribution < 1.29 is 9.59 Å². The van der Waals surface area contributed by atoms with E-state index in [0.29, 0.717) is 31.2 Å². The molecular formula is C25H29N5O2. The van der Waals surface area contributed by atoms with Crippen LogP contribution >= 0.6 is 0 Å². The third-order valence-electron chi connectivity index (χ3n) is 6.64. The zero-order valence-electron chi connectivity index (χ0n) is 18.8. The van der Waals surface area contributed by atoms with Crippen LogP contribution in [0.2, 0.25) is 0 Å². The molecule has 0 radical (unpaired) electrons. The largest absolute Gasteiger partial charge is 0.335 e. The summed E-state index contributed by atoms with van der Waals surface area (Å²) in [5, 5.41) is 0. The predicted molar refractivity (Wildman–Crippen MR) is 122 cm³/mol. The highest BCUT2D eigenvalue weighted by molar-refractivity contribution is 5.98. The molecular weight excluding hydrogens is 402 g/mol. The van der Waals surface area contributed by atoms with Crippen LogP contribution in [-0.2, 0) is 11.3 Å². The number of hydrogen-bond acceptors (Lipinski definition) is 4. The fraction of sp³-hybridized carbons (Fsp3) is 0.440. The summed E-state index contributed by atoms with van der Waals surface area (Å²) in [4.78, 5) is 38.4. The smallest absolute Gasteiger partial charge is 0.256 e. The van der Waals surface area contributed by atoms with Gasteiger partial charge in [-0.1, -0.05) is 42.2 Å². The number of fused-ring (bicyclic) bond motifs is 1. The van der Waals surface area contributed by atoms with Crippen molar-refractivity contribution in [2.75, 3.05) is 19.6 Å². The minimum atomic E-state index is -0.158. The molecule has 0 spiro atoms. The van der Waals surface area contributed by atoms with Gasteiger partial charge < -0.3 is 14.4 Å². The van der Waals surface area contributed by atoms with Crippen LogP contribution in [0.15, 0.2) is 36.8 Å². The molecule has 0 unspecified atom stereocenters. The Balaban J connectivity index is 1.27. The Morgan fingerprint density at radius 2 is 1.78 bits per heavy atom. The molecule has 3 aromatic rings. The van der Waals surface area contributed by atoms with Crippen molar-refractivity contribution in [2.24, 2.45) is 0 Å². The summed E-state index contributed by atoms with van der Waals surface area (Å²) in [6.07, 6.45) is 8.26. The van der Waals surface area contributed by atoms with Gasteiger partial charge in [-0.2, -0.15) is 0 Å². The van der Waals surface area contributed by atoms with Gasteiger partial charge >= 0.3 is 0 Å².